The summed E-state index contributed by atoms with van der Waals surface area (Å²) in [6, 6.07) is 36.0. The van der Waals surface area contributed by atoms with Crippen LogP contribution in [0.4, 0.5) is 17.3 Å². The van der Waals surface area contributed by atoms with Crippen LogP contribution < -0.4 is 14.9 Å². The van der Waals surface area contributed by atoms with Crippen molar-refractivity contribution >= 4 is 63.6 Å². The van der Waals surface area contributed by atoms with Crippen LogP contribution in [-0.4, -0.2) is 45.2 Å². The first-order valence-corrected chi connectivity index (χ1v) is 15.5. The molecule has 0 atom stereocenters. The van der Waals surface area contributed by atoms with E-state index < -0.39 is 8.07 Å². The van der Waals surface area contributed by atoms with E-state index in [0.29, 0.717) is 0 Å². The number of hydrogen-bond donors (Lipinski definition) is 0. The summed E-state index contributed by atoms with van der Waals surface area (Å²) < 4.78 is 6.02. The molecule has 0 fully saturated rings. The fraction of sp³-hybridized carbons (Fsp3) is 0.0968. The Labute approximate surface area is 241 Å². The second kappa shape index (κ2) is 9.62. The summed E-state index contributed by atoms with van der Waals surface area (Å²) in [5.74, 6) is 2.45. The molecule has 39 heavy (non-hydrogen) atoms. The number of fused-ring (bicyclic) bond motifs is 4. The van der Waals surface area contributed by atoms with E-state index in [-0.39, 0.29) is 21.1 Å². The molecule has 1 aliphatic heterocycles. The number of rotatable bonds is 4. The summed E-state index contributed by atoms with van der Waals surface area (Å²) in [6.07, 6.45) is 5.25. The van der Waals surface area contributed by atoms with Crippen LogP contribution in [0.3, 0.4) is 0 Å². The average Bonchev–Trinajstić information content (AvgIpc) is 3.48. The van der Waals surface area contributed by atoms with Crippen molar-refractivity contribution in [3.63, 3.8) is 0 Å². The van der Waals surface area contributed by atoms with E-state index in [2.05, 4.69) is 99.3 Å². The molecule has 4 heterocycles. The van der Waals surface area contributed by atoms with Gasteiger partial charge in [-0.15, -0.1) is 26.7 Å². The molecular weight excluding hydrogens is 680 g/mol. The van der Waals surface area contributed by atoms with Gasteiger partial charge in [0, 0.05) is 16.7 Å². The molecule has 0 spiro atoms. The molecule has 0 unspecified atom stereocenters. The van der Waals surface area contributed by atoms with Gasteiger partial charge in [0.15, 0.2) is 6.20 Å². The Morgan fingerprint density at radius 3 is 2.41 bits per heavy atom. The largest absolute Gasteiger partial charge is 2.00 e. The summed E-state index contributed by atoms with van der Waals surface area (Å²) in [7, 11) is -0.229. The van der Waals surface area contributed by atoms with Gasteiger partial charge < -0.3 is 4.57 Å². The van der Waals surface area contributed by atoms with Crippen LogP contribution in [-0.2, 0) is 21.1 Å². The van der Waals surface area contributed by atoms with E-state index in [0.717, 1.165) is 34.2 Å². The van der Waals surface area contributed by atoms with E-state index in [1.165, 1.54) is 21.1 Å². The topological polar surface area (TPSA) is 49.6 Å². The summed E-state index contributed by atoms with van der Waals surface area (Å²) in [5.41, 5.74) is 3.15. The van der Waals surface area contributed by atoms with Gasteiger partial charge in [-0.05, 0) is 23.6 Å². The van der Waals surface area contributed by atoms with E-state index in [1.54, 1.807) is 12.4 Å². The van der Waals surface area contributed by atoms with Crippen molar-refractivity contribution in [1.29, 1.82) is 0 Å². The SMILES string of the molecule is C[N+]1=C=[N+](c2[c-]c([Si](C)(C)c3[c-]cc4c(c3)c3ccccc3n4-c3ccccn3)ccc2)c2nccnc21.[Pt+2]. The molecule has 0 radical (unpaired) electrons. The van der Waals surface area contributed by atoms with E-state index in [4.69, 9.17) is 0 Å². The third kappa shape index (κ3) is 4.02. The fourth-order valence-electron chi connectivity index (χ4n) is 5.23. The van der Waals surface area contributed by atoms with Crippen molar-refractivity contribution in [3.05, 3.63) is 104 Å². The van der Waals surface area contributed by atoms with Crippen LogP contribution in [0.15, 0.2) is 91.4 Å². The molecule has 0 N–H and O–H groups in total. The third-order valence-corrected chi connectivity index (χ3v) is 10.6. The Morgan fingerprint density at radius 1 is 0.795 bits per heavy atom. The molecule has 3 aromatic carbocycles. The number of aromatic nitrogens is 4. The molecule has 8 heteroatoms. The maximum atomic E-state index is 4.64. The van der Waals surface area contributed by atoms with E-state index in [1.807, 2.05) is 46.7 Å². The molecule has 0 aliphatic carbocycles. The van der Waals surface area contributed by atoms with Gasteiger partial charge in [-0.1, -0.05) is 42.9 Å². The van der Waals surface area contributed by atoms with Crippen LogP contribution in [0.5, 0.6) is 0 Å². The molecular formula is C31H24N6PtSi+2. The predicted octanol–water partition coefficient (Wildman–Crippen LogP) is 4.69. The van der Waals surface area contributed by atoms with Crippen LogP contribution in [0, 0.1) is 12.1 Å². The predicted molar refractivity (Wildman–Crippen MR) is 154 cm³/mol. The zero-order valence-electron chi connectivity index (χ0n) is 21.7. The Balaban J connectivity index is 0.00000277. The summed E-state index contributed by atoms with van der Waals surface area (Å²) in [5, 5.41) is 4.85. The van der Waals surface area contributed by atoms with Gasteiger partial charge in [-0.25, -0.2) is 4.98 Å². The first-order chi connectivity index (χ1) is 18.5. The second-order valence-electron chi connectivity index (χ2n) is 9.96. The van der Waals surface area contributed by atoms with Crippen molar-refractivity contribution in [3.8, 4) is 5.82 Å². The Morgan fingerprint density at radius 2 is 1.59 bits per heavy atom. The van der Waals surface area contributed by atoms with Gasteiger partial charge >= 0.3 is 38.7 Å². The van der Waals surface area contributed by atoms with Gasteiger partial charge in [0.05, 0.1) is 20.0 Å². The number of benzene rings is 3. The summed E-state index contributed by atoms with van der Waals surface area (Å²) >= 11 is 0. The summed E-state index contributed by atoms with van der Waals surface area (Å²) in [6.45, 7) is 4.71. The van der Waals surface area contributed by atoms with Crippen molar-refractivity contribution < 1.29 is 25.6 Å². The average molecular weight is 704 g/mol. The number of nitrogens with zero attached hydrogens (tertiary/aromatic N) is 6. The monoisotopic (exact) mass is 703 g/mol. The third-order valence-electron chi connectivity index (χ3n) is 7.29. The quantitative estimate of drug-likeness (QED) is 0.152. The number of hydrogen-bond acceptors (Lipinski definition) is 3. The van der Waals surface area contributed by atoms with Gasteiger partial charge in [0.2, 0.25) is 0 Å². The Bertz CT molecular complexity index is 1960. The molecule has 0 amide bonds. The van der Waals surface area contributed by atoms with Crippen molar-refractivity contribution in [2.45, 2.75) is 13.1 Å². The molecule has 0 saturated carbocycles. The Kier molecular flexibility index (Phi) is 6.23. The van der Waals surface area contributed by atoms with Gasteiger partial charge in [-0.2, -0.15) is 45.7 Å². The number of para-hydroxylation sites is 1. The zero-order valence-corrected chi connectivity index (χ0v) is 24.9. The fourth-order valence-corrected chi connectivity index (χ4v) is 7.41. The maximum absolute atomic E-state index is 4.64. The van der Waals surface area contributed by atoms with Crippen molar-refractivity contribution in [1.82, 2.24) is 24.1 Å². The van der Waals surface area contributed by atoms with Gasteiger partial charge in [0.25, 0.3) is 0 Å². The van der Waals surface area contributed by atoms with E-state index >= 15 is 0 Å². The normalized spacial score (nSPS) is 12.7. The second-order valence-corrected chi connectivity index (χ2v) is 14.3. The maximum Gasteiger partial charge on any atom is 2.00 e. The summed E-state index contributed by atoms with van der Waals surface area (Å²) in [4.78, 5) is 13.6. The first-order valence-electron chi connectivity index (χ1n) is 12.5. The molecule has 1 aliphatic rings. The zero-order chi connectivity index (χ0) is 25.9. The minimum atomic E-state index is -2.16. The molecule has 6 nitrogen and oxygen atoms in total. The Hall–Kier alpha value is -4.02. The molecule has 3 aromatic heterocycles. The standard InChI is InChI=1S/C31H24N6Si.Pt/c1-35-21-36(31-30(35)33-17-18-34-31)22-9-8-10-23(19-22)38(2,3)24-14-15-28-26(20-24)25-11-4-5-12-27(25)37(28)29-13-6-7-16-32-29;/h4-13,15-18,20H,1-3H3;/q;+2. The smallest absolute Gasteiger partial charge is 0.349 e. The van der Waals surface area contributed by atoms with Gasteiger partial charge in [-0.3, -0.25) is 0 Å². The van der Waals surface area contributed by atoms with Crippen molar-refractivity contribution in [2.75, 3.05) is 7.05 Å². The molecule has 190 valence electrons. The minimum absolute atomic E-state index is 0. The first kappa shape index (κ1) is 25.3. The van der Waals surface area contributed by atoms with Crippen LogP contribution in [0.2, 0.25) is 13.1 Å². The van der Waals surface area contributed by atoms with Gasteiger partial charge in [0.1, 0.15) is 12.9 Å². The van der Waals surface area contributed by atoms with Crippen LogP contribution >= 0.6 is 0 Å². The minimum Gasteiger partial charge on any atom is -0.349 e. The van der Waals surface area contributed by atoms with Crippen LogP contribution in [0.25, 0.3) is 27.6 Å². The number of pyridine rings is 1. The molecule has 0 saturated heterocycles. The molecule has 0 bridgehead atoms. The van der Waals surface area contributed by atoms with E-state index in [9.17, 15) is 0 Å². The molecule has 7 rings (SSSR count). The van der Waals surface area contributed by atoms with Crippen molar-refractivity contribution in [2.24, 2.45) is 0 Å². The molecule has 6 aromatic rings. The van der Waals surface area contributed by atoms with Crippen LogP contribution in [0.1, 0.15) is 0 Å².